The van der Waals surface area contributed by atoms with Gasteiger partial charge in [0.2, 0.25) is 17.7 Å². The second-order valence-electron chi connectivity index (χ2n) is 10.3. The number of thioether (sulfide) groups is 1. The number of carboxylic acids is 1. The average Bonchev–Trinajstić information content (AvgIpc) is 3.39. The molecular weight excluding hydrogens is 486 g/mol. The molecule has 6 atom stereocenters. The summed E-state index contributed by atoms with van der Waals surface area (Å²) in [5.41, 5.74) is 5.47. The molecule has 4 heterocycles. The number of fused-ring (bicyclic) bond motifs is 1. The molecule has 0 radical (unpaired) electrons. The Bertz CT molecular complexity index is 993. The van der Waals surface area contributed by atoms with E-state index in [1.807, 2.05) is 13.8 Å². The number of nitrogens with two attached hydrogens (primary N) is 1. The number of β-lactam (4-membered cyclic amide) rings is 1. The lowest BCUT2D eigenvalue weighted by Crippen LogP contribution is -2.62. The van der Waals surface area contributed by atoms with Gasteiger partial charge in [0, 0.05) is 55.2 Å². The number of hydrogen-bond donors (Lipinski definition) is 3. The van der Waals surface area contributed by atoms with Crippen LogP contribution < -0.4 is 11.1 Å². The Labute approximate surface area is 214 Å². The molecule has 0 aliphatic carbocycles. The maximum absolute atomic E-state index is 13.1. The van der Waals surface area contributed by atoms with Gasteiger partial charge in [-0.05, 0) is 19.3 Å². The minimum atomic E-state index is -1.12. The van der Waals surface area contributed by atoms with E-state index in [4.69, 9.17) is 5.73 Å². The highest BCUT2D eigenvalue weighted by atomic mass is 32.2. The summed E-state index contributed by atoms with van der Waals surface area (Å²) in [6, 6.07) is -0.619. The molecule has 0 aromatic carbocycles. The first-order valence-corrected chi connectivity index (χ1v) is 13.4. The first kappa shape index (κ1) is 26.6. The number of aliphatic carboxylic acids is 1. The van der Waals surface area contributed by atoms with Crippen LogP contribution in [0.1, 0.15) is 33.6 Å². The predicted octanol–water partition coefficient (Wildman–Crippen LogP) is -0.532. The summed E-state index contributed by atoms with van der Waals surface area (Å²) in [6.45, 7) is 7.70. The van der Waals surface area contributed by atoms with E-state index in [2.05, 4.69) is 5.32 Å². The smallest absolute Gasteiger partial charge is 0.353 e. The Hall–Kier alpha value is -2.44. The van der Waals surface area contributed by atoms with Gasteiger partial charge >= 0.3 is 5.97 Å². The highest BCUT2D eigenvalue weighted by Crippen LogP contribution is 2.53. The molecular formula is C24H35N5O6S. The number of ketones is 1. The molecule has 3 amide bonds. The van der Waals surface area contributed by atoms with E-state index in [1.165, 1.54) is 23.6 Å². The SMILES string of the molecule is CC(=O)C[C@H](C)[C@H]1C(=O)N2C(C(=O)O)=C(S[C@@H]3CN[C@H](C(=O)N4CCN(C(=O)CN)CC4)C3)[C@H](C)[C@@H]12. The molecule has 0 saturated carbocycles. The van der Waals surface area contributed by atoms with Gasteiger partial charge in [0.15, 0.2) is 0 Å². The number of hydrogen-bond acceptors (Lipinski definition) is 8. The van der Waals surface area contributed by atoms with Gasteiger partial charge in [0.1, 0.15) is 11.5 Å². The standard InChI is InChI=1S/C24H35N5O6S/c1-12(8-13(2)30)18-19-14(3)21(20(24(34)35)29(19)23(18)33)36-15-9-16(26-11-15)22(32)28-6-4-27(5-7-28)17(31)10-25/h12,14-16,18-19,26H,4-11,25H2,1-3H3,(H,34,35)/t12-,14+,15-,16-,18+,19-/m0/s1. The van der Waals surface area contributed by atoms with Gasteiger partial charge in [-0.3, -0.25) is 14.4 Å². The van der Waals surface area contributed by atoms with Gasteiger partial charge in [-0.15, -0.1) is 11.8 Å². The van der Waals surface area contributed by atoms with Crippen molar-refractivity contribution >= 4 is 41.2 Å². The molecule has 36 heavy (non-hydrogen) atoms. The van der Waals surface area contributed by atoms with Crippen LogP contribution in [0.2, 0.25) is 0 Å². The normalized spacial score (nSPS) is 30.8. The molecule has 0 unspecified atom stereocenters. The van der Waals surface area contributed by atoms with E-state index in [9.17, 15) is 29.1 Å². The van der Waals surface area contributed by atoms with Gasteiger partial charge in [-0.25, -0.2) is 4.79 Å². The minimum Gasteiger partial charge on any atom is -0.477 e. The number of carboxylic acid groups (broad SMARTS) is 1. The molecule has 0 spiro atoms. The molecule has 4 aliphatic heterocycles. The topological polar surface area (TPSA) is 153 Å². The van der Waals surface area contributed by atoms with Crippen molar-refractivity contribution in [2.24, 2.45) is 23.5 Å². The molecule has 11 nitrogen and oxygen atoms in total. The van der Waals surface area contributed by atoms with Crippen molar-refractivity contribution in [3.63, 3.8) is 0 Å². The first-order chi connectivity index (χ1) is 17.0. The lowest BCUT2D eigenvalue weighted by Gasteiger charge is -2.47. The molecule has 0 bridgehead atoms. The zero-order valence-corrected chi connectivity index (χ0v) is 21.8. The summed E-state index contributed by atoms with van der Waals surface area (Å²) < 4.78 is 0. The van der Waals surface area contributed by atoms with Gasteiger partial charge in [0.05, 0.1) is 24.5 Å². The minimum absolute atomic E-state index is 0.00671. The fraction of sp³-hybridized carbons (Fsp3) is 0.708. The summed E-state index contributed by atoms with van der Waals surface area (Å²) in [6.07, 6.45) is 0.848. The molecule has 4 aliphatic rings. The van der Waals surface area contributed by atoms with Crippen LogP contribution in [0.15, 0.2) is 10.6 Å². The summed E-state index contributed by atoms with van der Waals surface area (Å²) >= 11 is 1.45. The quantitative estimate of drug-likeness (QED) is 0.358. The number of nitrogens with zero attached hydrogens (tertiary/aromatic N) is 3. The van der Waals surface area contributed by atoms with Crippen molar-refractivity contribution in [2.45, 2.75) is 50.9 Å². The number of piperazine rings is 1. The van der Waals surface area contributed by atoms with E-state index in [-0.39, 0.29) is 70.8 Å². The third-order valence-corrected chi connectivity index (χ3v) is 9.33. The Morgan fingerprint density at radius 2 is 1.81 bits per heavy atom. The van der Waals surface area contributed by atoms with Crippen molar-refractivity contribution in [3.05, 3.63) is 10.6 Å². The summed E-state index contributed by atoms with van der Waals surface area (Å²) in [5.74, 6) is -2.12. The Morgan fingerprint density at radius 3 is 2.39 bits per heavy atom. The van der Waals surface area contributed by atoms with Crippen LogP contribution in [-0.4, -0.2) is 106 Å². The van der Waals surface area contributed by atoms with Crippen LogP contribution in [0, 0.1) is 17.8 Å². The molecule has 3 saturated heterocycles. The lowest BCUT2D eigenvalue weighted by molar-refractivity contribution is -0.160. The maximum atomic E-state index is 13.1. The second-order valence-corrected chi connectivity index (χ2v) is 11.6. The molecule has 12 heteroatoms. The van der Waals surface area contributed by atoms with Crippen molar-refractivity contribution in [3.8, 4) is 0 Å². The first-order valence-electron chi connectivity index (χ1n) is 12.5. The Balaban J connectivity index is 1.39. The highest BCUT2D eigenvalue weighted by Gasteiger charge is 2.60. The van der Waals surface area contributed by atoms with Crippen LogP contribution in [0.4, 0.5) is 0 Å². The number of Topliss-reactive ketones (excluding diaryl/α,β-unsaturated/α-hetero) is 1. The molecule has 4 rings (SSSR count). The molecule has 0 aromatic heterocycles. The van der Waals surface area contributed by atoms with Crippen molar-refractivity contribution < 1.29 is 29.1 Å². The van der Waals surface area contributed by atoms with E-state index < -0.39 is 5.97 Å². The van der Waals surface area contributed by atoms with Crippen LogP contribution in [0.25, 0.3) is 0 Å². The predicted molar refractivity (Wildman–Crippen MR) is 132 cm³/mol. The second kappa shape index (κ2) is 10.5. The molecule has 198 valence electrons. The lowest BCUT2D eigenvalue weighted by atomic mass is 9.73. The highest BCUT2D eigenvalue weighted by molar-refractivity contribution is 8.03. The molecule has 4 N–H and O–H groups in total. The molecule has 0 aromatic rings. The maximum Gasteiger partial charge on any atom is 0.353 e. The van der Waals surface area contributed by atoms with Crippen molar-refractivity contribution in [1.82, 2.24) is 20.0 Å². The summed E-state index contributed by atoms with van der Waals surface area (Å²) in [4.78, 5) is 67.1. The van der Waals surface area contributed by atoms with Crippen LogP contribution >= 0.6 is 11.8 Å². The monoisotopic (exact) mass is 521 g/mol. The van der Waals surface area contributed by atoms with E-state index in [0.717, 1.165) is 0 Å². The average molecular weight is 522 g/mol. The zero-order chi connectivity index (χ0) is 26.3. The van der Waals surface area contributed by atoms with Crippen molar-refractivity contribution in [1.29, 1.82) is 0 Å². The van der Waals surface area contributed by atoms with E-state index in [1.54, 1.807) is 9.80 Å². The Morgan fingerprint density at radius 1 is 1.17 bits per heavy atom. The van der Waals surface area contributed by atoms with E-state index >= 15 is 0 Å². The number of nitrogens with one attached hydrogen (secondary N) is 1. The fourth-order valence-corrected chi connectivity index (χ4v) is 7.51. The zero-order valence-electron chi connectivity index (χ0n) is 20.9. The third kappa shape index (κ3) is 4.78. The van der Waals surface area contributed by atoms with Gasteiger partial charge in [-0.2, -0.15) is 0 Å². The fourth-order valence-electron chi connectivity index (χ4n) is 6.03. The third-order valence-electron chi connectivity index (χ3n) is 7.81. The number of rotatable bonds is 8. The largest absolute Gasteiger partial charge is 0.477 e. The van der Waals surface area contributed by atoms with Crippen molar-refractivity contribution in [2.75, 3.05) is 39.3 Å². The Kier molecular flexibility index (Phi) is 7.77. The van der Waals surface area contributed by atoms with Gasteiger partial charge < -0.3 is 35.7 Å². The van der Waals surface area contributed by atoms with Crippen LogP contribution in [0.3, 0.4) is 0 Å². The number of carbonyl (C=O) groups is 5. The van der Waals surface area contributed by atoms with Crippen LogP contribution in [0.5, 0.6) is 0 Å². The summed E-state index contributed by atoms with van der Waals surface area (Å²) in [5, 5.41) is 13.2. The van der Waals surface area contributed by atoms with E-state index in [0.29, 0.717) is 50.5 Å². The van der Waals surface area contributed by atoms with Crippen LogP contribution in [-0.2, 0) is 24.0 Å². The van der Waals surface area contributed by atoms with Gasteiger partial charge in [0.25, 0.3) is 0 Å². The number of carbonyl (C=O) groups excluding carboxylic acids is 4. The number of amides is 3. The summed E-state index contributed by atoms with van der Waals surface area (Å²) in [7, 11) is 0. The molecule has 3 fully saturated rings. The van der Waals surface area contributed by atoms with Gasteiger partial charge in [-0.1, -0.05) is 13.8 Å².